The Labute approximate surface area is 207 Å². The fourth-order valence-corrected chi connectivity index (χ4v) is 11.8. The number of rotatable bonds is 14. The molecule has 2 aromatic carbocycles. The summed E-state index contributed by atoms with van der Waals surface area (Å²) in [5.74, 6) is -1.34. The minimum absolute atomic E-state index is 0.0472. The Morgan fingerprint density at radius 2 is 1.20 bits per heavy atom. The van der Waals surface area contributed by atoms with E-state index in [0.29, 0.717) is 8.87 Å². The van der Waals surface area contributed by atoms with Gasteiger partial charge < -0.3 is 0 Å². The third kappa shape index (κ3) is 8.56. The fourth-order valence-electron chi connectivity index (χ4n) is 3.16. The van der Waals surface area contributed by atoms with Crippen molar-refractivity contribution in [1.82, 2.24) is 11.0 Å². The van der Waals surface area contributed by atoms with Crippen LogP contribution in [0.15, 0.2) is 48.5 Å². The summed E-state index contributed by atoms with van der Waals surface area (Å²) in [4.78, 5) is 46.1. The van der Waals surface area contributed by atoms with E-state index in [1.807, 2.05) is 13.8 Å². The molecule has 12 nitrogen and oxygen atoms in total. The van der Waals surface area contributed by atoms with Crippen LogP contribution in [0, 0.1) is 20.2 Å². The zero-order valence-electron chi connectivity index (χ0n) is 19.5. The Morgan fingerprint density at radius 1 is 0.800 bits per heavy atom. The molecule has 0 aliphatic rings. The van der Waals surface area contributed by atoms with E-state index < -0.39 is 40.9 Å². The summed E-state index contributed by atoms with van der Waals surface area (Å²) in [6.07, 6.45) is 3.13. The molecule has 2 rings (SSSR count). The summed E-state index contributed by atoms with van der Waals surface area (Å²) in [6, 6.07) is 10.5. The van der Waals surface area contributed by atoms with Gasteiger partial charge in [-0.15, -0.1) is 0 Å². The Morgan fingerprint density at radius 3 is 1.54 bits per heavy atom. The number of non-ortho nitro benzene ring substituents is 2. The van der Waals surface area contributed by atoms with Crippen molar-refractivity contribution in [3.63, 3.8) is 0 Å². The van der Waals surface area contributed by atoms with Crippen molar-refractivity contribution in [3.8, 4) is 0 Å². The van der Waals surface area contributed by atoms with E-state index in [1.165, 1.54) is 36.4 Å². The summed E-state index contributed by atoms with van der Waals surface area (Å²) in [5.41, 5.74) is 4.39. The molecule has 0 fully saturated rings. The second-order valence-electron chi connectivity index (χ2n) is 7.80. The van der Waals surface area contributed by atoms with E-state index in [4.69, 9.17) is 6.35 Å². The van der Waals surface area contributed by atoms with Crippen molar-refractivity contribution in [2.75, 3.05) is 0 Å². The zero-order chi connectivity index (χ0) is 25.8. The van der Waals surface area contributed by atoms with Gasteiger partial charge >= 0.3 is 207 Å². The first-order chi connectivity index (χ1) is 16.7. The van der Waals surface area contributed by atoms with E-state index in [1.54, 1.807) is 0 Å². The van der Waals surface area contributed by atoms with Gasteiger partial charge in [0, 0.05) is 0 Å². The Kier molecular flexibility index (Phi) is 11.0. The molecule has 13 heteroatoms. The first-order valence-electron chi connectivity index (χ1n) is 11.2. The number of nitrogens with zero attached hydrogens (tertiary/aromatic N) is 2. The molecule has 0 aliphatic heterocycles. The van der Waals surface area contributed by atoms with Crippen molar-refractivity contribution in [3.05, 3.63) is 79.9 Å². The van der Waals surface area contributed by atoms with Gasteiger partial charge in [-0.25, -0.2) is 0 Å². The molecule has 2 amide bonds. The number of nitro groups is 2. The van der Waals surface area contributed by atoms with Gasteiger partial charge in [-0.05, 0) is 0 Å². The SMILES string of the molecule is CCC[CH2][Sn]([CH2]CCC)([O]NC(=O)c1cccc([N+](=O)[O-])c1)[O]NC(=O)c1cccc([N+](=O)[O-])c1. The average molecular weight is 595 g/mol. The molecule has 0 bridgehead atoms. The number of carbonyl (C=O) groups excluding carboxylic acids is 2. The molecule has 0 aromatic heterocycles. The van der Waals surface area contributed by atoms with Crippen LogP contribution in [0.5, 0.6) is 0 Å². The molecule has 0 heterocycles. The van der Waals surface area contributed by atoms with Crippen molar-refractivity contribution in [2.24, 2.45) is 0 Å². The molecule has 0 unspecified atom stereocenters. The molecule has 0 spiro atoms. The fraction of sp³-hybridized carbons (Fsp3) is 0.364. The molecule has 2 aromatic rings. The molecule has 0 atom stereocenters. The molecule has 188 valence electrons. The molecule has 0 saturated heterocycles. The number of hydrogen-bond acceptors (Lipinski definition) is 8. The second kappa shape index (κ2) is 13.7. The van der Waals surface area contributed by atoms with Crippen LogP contribution < -0.4 is 11.0 Å². The maximum absolute atomic E-state index is 12.6. The zero-order valence-corrected chi connectivity index (χ0v) is 22.4. The first-order valence-corrected chi connectivity index (χ1v) is 17.5. The number of hydroxylamine groups is 2. The second-order valence-corrected chi connectivity index (χ2v) is 17.0. The summed E-state index contributed by atoms with van der Waals surface area (Å²) < 4.78 is 12.8. The third-order valence-electron chi connectivity index (χ3n) is 5.12. The quantitative estimate of drug-likeness (QED) is 0.182. The van der Waals surface area contributed by atoms with Gasteiger partial charge in [0.1, 0.15) is 0 Å². The van der Waals surface area contributed by atoms with Crippen molar-refractivity contribution >= 4 is 42.4 Å². The average Bonchev–Trinajstić information content (AvgIpc) is 2.87. The van der Waals surface area contributed by atoms with Crippen LogP contribution in [-0.4, -0.2) is 40.9 Å². The van der Waals surface area contributed by atoms with Crippen LogP contribution in [0.3, 0.4) is 0 Å². The normalized spacial score (nSPS) is 11.0. The minimum atomic E-state index is -4.15. The van der Waals surface area contributed by atoms with Crippen LogP contribution in [0.2, 0.25) is 8.87 Å². The summed E-state index contributed by atoms with van der Waals surface area (Å²) in [5, 5.41) is 22.0. The topological polar surface area (TPSA) is 163 Å². The molecule has 0 radical (unpaired) electrons. The van der Waals surface area contributed by atoms with Gasteiger partial charge in [-0.2, -0.15) is 0 Å². The standard InChI is InChI=1S/2C7H5N2O4.2C4H9.Sn/c2*10-7(8-11)5-2-1-3-6(4-5)9(12)13;2*1-3-4-2;/h2*1-4H,(H-,8,10,11);2*1,3-4H2,2H3;/q2*-1;;;+2. The Bertz CT molecular complexity index is 982. The number of hydrogen-bond donors (Lipinski definition) is 2. The van der Waals surface area contributed by atoms with E-state index in [0.717, 1.165) is 37.8 Å². The van der Waals surface area contributed by atoms with E-state index in [9.17, 15) is 29.8 Å². The Balaban J connectivity index is 2.19. The Hall–Kier alpha value is -3.10. The number of benzene rings is 2. The monoisotopic (exact) mass is 596 g/mol. The van der Waals surface area contributed by atoms with Crippen LogP contribution in [-0.2, 0) is 6.35 Å². The van der Waals surface area contributed by atoms with Gasteiger partial charge in [0.2, 0.25) is 0 Å². The molecule has 0 saturated carbocycles. The molecule has 0 aliphatic carbocycles. The summed E-state index contributed by atoms with van der Waals surface area (Å²) in [6.45, 7) is 3.97. The molecule has 35 heavy (non-hydrogen) atoms. The van der Waals surface area contributed by atoms with Crippen LogP contribution in [0.25, 0.3) is 0 Å². The number of nitrogens with one attached hydrogen (secondary N) is 2. The molecular formula is C22H28N4O8Sn. The number of nitro benzene ring substituents is 2. The number of carbonyl (C=O) groups is 2. The van der Waals surface area contributed by atoms with Crippen molar-refractivity contribution in [1.29, 1.82) is 0 Å². The summed E-state index contributed by atoms with van der Waals surface area (Å²) in [7, 11) is 0. The van der Waals surface area contributed by atoms with E-state index in [2.05, 4.69) is 11.0 Å². The van der Waals surface area contributed by atoms with Gasteiger partial charge in [0.05, 0.1) is 0 Å². The van der Waals surface area contributed by atoms with Crippen LogP contribution in [0.4, 0.5) is 11.4 Å². The van der Waals surface area contributed by atoms with E-state index >= 15 is 0 Å². The predicted octanol–water partition coefficient (Wildman–Crippen LogP) is 4.57. The van der Waals surface area contributed by atoms with Gasteiger partial charge in [0.15, 0.2) is 0 Å². The molecule has 2 N–H and O–H groups in total. The molecular weight excluding hydrogens is 567 g/mol. The van der Waals surface area contributed by atoms with Gasteiger partial charge in [-0.3, -0.25) is 0 Å². The number of unbranched alkanes of at least 4 members (excludes halogenated alkanes) is 2. The van der Waals surface area contributed by atoms with Crippen LogP contribution in [0.1, 0.15) is 60.2 Å². The van der Waals surface area contributed by atoms with E-state index in [-0.39, 0.29) is 22.5 Å². The third-order valence-corrected chi connectivity index (χ3v) is 14.2. The van der Waals surface area contributed by atoms with Gasteiger partial charge in [0.25, 0.3) is 0 Å². The first kappa shape index (κ1) is 28.1. The number of amides is 2. The maximum atomic E-state index is 12.6. The predicted molar refractivity (Wildman–Crippen MR) is 128 cm³/mol. The van der Waals surface area contributed by atoms with Crippen molar-refractivity contribution < 1.29 is 25.8 Å². The van der Waals surface area contributed by atoms with Gasteiger partial charge in [-0.1, -0.05) is 0 Å². The summed E-state index contributed by atoms with van der Waals surface area (Å²) >= 11 is -4.15. The van der Waals surface area contributed by atoms with Crippen molar-refractivity contribution in [2.45, 2.75) is 48.4 Å². The van der Waals surface area contributed by atoms with Crippen LogP contribution >= 0.6 is 0 Å².